The number of furan rings is 1. The molecule has 2 amide bonds. The third-order valence-electron chi connectivity index (χ3n) is 7.99. The van der Waals surface area contributed by atoms with Crippen LogP contribution in [0.2, 0.25) is 0 Å². The van der Waals surface area contributed by atoms with E-state index in [1.54, 1.807) is 67.9 Å². The molecule has 0 radical (unpaired) electrons. The topological polar surface area (TPSA) is 109 Å². The molecule has 2 aromatic carbocycles. The van der Waals surface area contributed by atoms with E-state index in [-0.39, 0.29) is 25.0 Å². The van der Waals surface area contributed by atoms with Crippen LogP contribution in [0.5, 0.6) is 5.75 Å². The van der Waals surface area contributed by atoms with Crippen LogP contribution in [0, 0.1) is 0 Å². The number of amides is 2. The summed E-state index contributed by atoms with van der Waals surface area (Å²) in [4.78, 5) is 36.8. The molecular formula is C42H62N2O6. The predicted molar refractivity (Wildman–Crippen MR) is 205 cm³/mol. The Labute approximate surface area is 301 Å². The average molecular weight is 691 g/mol. The lowest BCUT2D eigenvalue weighted by molar-refractivity contribution is -0.137. The molecule has 0 unspecified atom stereocenters. The quantitative estimate of drug-likeness (QED) is 0.0757. The summed E-state index contributed by atoms with van der Waals surface area (Å²) in [7, 11) is 1.62. The minimum atomic E-state index is -0.653. The SMILES string of the molecule is C=CC.CCCCCCCCCCCCCCCCCC(=O)O.CN(C(=O)COc1ccccc1)c1ccccc1C(=O)NCc1ccco1. The van der Waals surface area contributed by atoms with Crippen molar-refractivity contribution in [3.63, 3.8) is 0 Å². The summed E-state index contributed by atoms with van der Waals surface area (Å²) in [5, 5.41) is 11.3. The number of hydrogen-bond acceptors (Lipinski definition) is 5. The van der Waals surface area contributed by atoms with E-state index in [1.807, 2.05) is 25.1 Å². The maximum atomic E-state index is 12.5. The first kappa shape index (κ1) is 43.7. The van der Waals surface area contributed by atoms with Gasteiger partial charge in [0.15, 0.2) is 6.61 Å². The normalized spacial score (nSPS) is 10.1. The minimum absolute atomic E-state index is 0.122. The number of carboxylic acid groups (broad SMARTS) is 1. The second-order valence-corrected chi connectivity index (χ2v) is 12.3. The van der Waals surface area contributed by atoms with Gasteiger partial charge in [-0.2, -0.15) is 0 Å². The van der Waals surface area contributed by atoms with Crippen molar-refractivity contribution in [3.8, 4) is 5.75 Å². The van der Waals surface area contributed by atoms with Crippen molar-refractivity contribution in [2.75, 3.05) is 18.6 Å². The summed E-state index contributed by atoms with van der Waals surface area (Å²) in [5.74, 6) is 0.0701. The van der Waals surface area contributed by atoms with E-state index in [9.17, 15) is 14.4 Å². The van der Waals surface area contributed by atoms with Gasteiger partial charge in [0.2, 0.25) is 0 Å². The summed E-state index contributed by atoms with van der Waals surface area (Å²) in [6.07, 6.45) is 23.5. The molecule has 276 valence electrons. The number of nitrogens with zero attached hydrogens (tertiary/aromatic N) is 1. The number of unbranched alkanes of at least 4 members (excludes halogenated alkanes) is 14. The summed E-state index contributed by atoms with van der Waals surface area (Å²) >= 11 is 0. The summed E-state index contributed by atoms with van der Waals surface area (Å²) in [5.41, 5.74) is 0.913. The molecule has 0 fully saturated rings. The zero-order chi connectivity index (χ0) is 36.7. The molecule has 1 aromatic heterocycles. The molecule has 0 aliphatic heterocycles. The molecule has 0 bridgehead atoms. The second-order valence-electron chi connectivity index (χ2n) is 12.3. The fourth-order valence-electron chi connectivity index (χ4n) is 5.17. The van der Waals surface area contributed by atoms with Crippen LogP contribution in [0.4, 0.5) is 5.69 Å². The van der Waals surface area contributed by atoms with E-state index >= 15 is 0 Å². The summed E-state index contributed by atoms with van der Waals surface area (Å²) in [6.45, 7) is 7.67. The highest BCUT2D eigenvalue weighted by molar-refractivity contribution is 6.04. The smallest absolute Gasteiger partial charge is 0.303 e. The van der Waals surface area contributed by atoms with Gasteiger partial charge in [0.25, 0.3) is 11.8 Å². The van der Waals surface area contributed by atoms with Crippen molar-refractivity contribution in [2.24, 2.45) is 0 Å². The fraction of sp³-hybridized carbons (Fsp3) is 0.500. The van der Waals surface area contributed by atoms with Gasteiger partial charge in [-0.3, -0.25) is 14.4 Å². The molecule has 1 heterocycles. The lowest BCUT2D eigenvalue weighted by atomic mass is 10.0. The number of carboxylic acids is 1. The molecule has 0 saturated heterocycles. The number of rotatable bonds is 23. The van der Waals surface area contributed by atoms with Crippen molar-refractivity contribution in [3.05, 3.63) is 97.0 Å². The Hall–Kier alpha value is -4.33. The van der Waals surface area contributed by atoms with E-state index in [2.05, 4.69) is 18.8 Å². The van der Waals surface area contributed by atoms with Crippen LogP contribution in [0.3, 0.4) is 0 Å². The largest absolute Gasteiger partial charge is 0.484 e. The number of nitrogens with one attached hydrogen (secondary N) is 1. The first-order chi connectivity index (χ1) is 24.3. The highest BCUT2D eigenvalue weighted by Gasteiger charge is 2.19. The Bertz CT molecular complexity index is 1290. The third kappa shape index (κ3) is 21.6. The third-order valence-corrected chi connectivity index (χ3v) is 7.99. The number of allylic oxidation sites excluding steroid dienone is 1. The molecule has 0 spiro atoms. The van der Waals surface area contributed by atoms with Gasteiger partial charge in [0.05, 0.1) is 24.1 Å². The Morgan fingerprint density at radius 2 is 1.30 bits per heavy atom. The van der Waals surface area contributed by atoms with Gasteiger partial charge in [0.1, 0.15) is 11.5 Å². The number of aliphatic carboxylic acids is 1. The average Bonchev–Trinajstić information content (AvgIpc) is 3.66. The zero-order valence-electron chi connectivity index (χ0n) is 30.9. The molecule has 8 heteroatoms. The molecule has 3 rings (SSSR count). The van der Waals surface area contributed by atoms with Gasteiger partial charge in [-0.1, -0.05) is 133 Å². The minimum Gasteiger partial charge on any atom is -0.484 e. The Balaban J connectivity index is 0.000000484. The van der Waals surface area contributed by atoms with Crippen molar-refractivity contribution in [1.82, 2.24) is 5.32 Å². The molecule has 3 aromatic rings. The van der Waals surface area contributed by atoms with Crippen molar-refractivity contribution < 1.29 is 28.6 Å². The molecule has 0 saturated carbocycles. The number of carbonyl (C=O) groups is 3. The Kier molecular flexibility index (Phi) is 25.8. The molecule has 0 aliphatic carbocycles. The summed E-state index contributed by atoms with van der Waals surface area (Å²) in [6, 6.07) is 19.6. The molecule has 8 nitrogen and oxygen atoms in total. The maximum absolute atomic E-state index is 12.5. The van der Waals surface area contributed by atoms with Crippen LogP contribution >= 0.6 is 0 Å². The van der Waals surface area contributed by atoms with Crippen LogP contribution in [0.25, 0.3) is 0 Å². The lowest BCUT2D eigenvalue weighted by Gasteiger charge is -2.20. The first-order valence-corrected chi connectivity index (χ1v) is 18.5. The Morgan fingerprint density at radius 3 is 1.82 bits per heavy atom. The number of benzene rings is 2. The van der Waals surface area contributed by atoms with Gasteiger partial charge < -0.3 is 24.5 Å². The van der Waals surface area contributed by atoms with Gasteiger partial charge in [-0.25, -0.2) is 0 Å². The maximum Gasteiger partial charge on any atom is 0.303 e. The van der Waals surface area contributed by atoms with Gasteiger partial charge >= 0.3 is 5.97 Å². The fourth-order valence-corrected chi connectivity index (χ4v) is 5.17. The predicted octanol–water partition coefficient (Wildman–Crippen LogP) is 10.8. The highest BCUT2D eigenvalue weighted by atomic mass is 16.5. The number of hydrogen-bond donors (Lipinski definition) is 2. The Morgan fingerprint density at radius 1 is 0.780 bits per heavy atom. The number of para-hydroxylation sites is 2. The van der Waals surface area contributed by atoms with E-state index in [1.165, 1.54) is 88.4 Å². The van der Waals surface area contributed by atoms with Crippen LogP contribution in [0.15, 0.2) is 90.1 Å². The zero-order valence-corrected chi connectivity index (χ0v) is 30.9. The van der Waals surface area contributed by atoms with Crippen LogP contribution in [-0.2, 0) is 16.1 Å². The van der Waals surface area contributed by atoms with Crippen LogP contribution in [-0.4, -0.2) is 36.5 Å². The van der Waals surface area contributed by atoms with E-state index < -0.39 is 5.97 Å². The van der Waals surface area contributed by atoms with E-state index in [0.717, 1.165) is 12.8 Å². The van der Waals surface area contributed by atoms with Crippen LogP contribution in [0.1, 0.15) is 133 Å². The number of ether oxygens (including phenoxy) is 1. The molecule has 0 atom stereocenters. The van der Waals surface area contributed by atoms with Crippen molar-refractivity contribution >= 4 is 23.5 Å². The lowest BCUT2D eigenvalue weighted by Crippen LogP contribution is -2.33. The number of carbonyl (C=O) groups excluding carboxylic acids is 2. The van der Waals surface area contributed by atoms with Crippen LogP contribution < -0.4 is 15.0 Å². The molecule has 50 heavy (non-hydrogen) atoms. The van der Waals surface area contributed by atoms with Crippen molar-refractivity contribution in [2.45, 2.75) is 123 Å². The number of anilines is 1. The van der Waals surface area contributed by atoms with E-state index in [0.29, 0.717) is 29.2 Å². The second kappa shape index (κ2) is 29.6. The van der Waals surface area contributed by atoms with Gasteiger partial charge in [0, 0.05) is 13.5 Å². The summed E-state index contributed by atoms with van der Waals surface area (Å²) < 4.78 is 10.7. The highest BCUT2D eigenvalue weighted by Crippen LogP contribution is 2.20. The standard InChI is InChI=1S/C21H20N2O4.C18H36O2.C3H6/c1-23(20(24)15-27-16-8-3-2-4-9-16)19-12-6-5-11-18(19)21(25)22-14-17-10-7-13-26-17;1-2-3-4-5-6-7-8-9-10-11-12-13-14-15-16-17-18(19)20;1-3-2/h2-13H,14-15H2,1H3,(H,22,25);2-17H2,1H3,(H,19,20);3H,1H2,2H3. The van der Waals surface area contributed by atoms with E-state index in [4.69, 9.17) is 14.3 Å². The molecule has 2 N–H and O–H groups in total. The monoisotopic (exact) mass is 690 g/mol. The van der Waals surface area contributed by atoms with Crippen molar-refractivity contribution in [1.29, 1.82) is 0 Å². The first-order valence-electron chi connectivity index (χ1n) is 18.5. The van der Waals surface area contributed by atoms with Gasteiger partial charge in [-0.05, 0) is 49.7 Å². The molecular weight excluding hydrogens is 628 g/mol. The number of likely N-dealkylation sites (N-methyl/N-ethyl adjacent to an activating group) is 1. The van der Waals surface area contributed by atoms with Gasteiger partial charge in [-0.15, -0.1) is 6.58 Å². The molecule has 0 aliphatic rings.